The van der Waals surface area contributed by atoms with Crippen LogP contribution in [0.5, 0.6) is 0 Å². The van der Waals surface area contributed by atoms with Crippen LogP contribution in [0.1, 0.15) is 19.8 Å². The van der Waals surface area contributed by atoms with Gasteiger partial charge in [0, 0.05) is 10.2 Å². The van der Waals surface area contributed by atoms with Crippen LogP contribution in [0.25, 0.3) is 0 Å². The Hall–Kier alpha value is -0.190. The summed E-state index contributed by atoms with van der Waals surface area (Å²) in [7, 11) is -0.887. The zero-order valence-corrected chi connectivity index (χ0v) is 11.9. The monoisotopic (exact) mass is 303 g/mol. The van der Waals surface area contributed by atoms with Crippen molar-refractivity contribution in [2.75, 3.05) is 18.8 Å². The average Bonchev–Trinajstić information content (AvgIpc) is 2.29. The third-order valence-electron chi connectivity index (χ3n) is 2.19. The average molecular weight is 304 g/mol. The van der Waals surface area contributed by atoms with Gasteiger partial charge in [-0.05, 0) is 54.0 Å². The standard InChI is InChI=1S/C12H18BrNOS/c1-2-8-14-9-5-10-16(15)12-7-4-3-6-11(12)13/h3-4,6-7,14H,2,5,8-10H2,1H3. The van der Waals surface area contributed by atoms with Crippen LogP contribution in [0.2, 0.25) is 0 Å². The summed E-state index contributed by atoms with van der Waals surface area (Å²) in [4.78, 5) is 0.901. The van der Waals surface area contributed by atoms with E-state index < -0.39 is 10.8 Å². The fraction of sp³-hybridized carbons (Fsp3) is 0.500. The molecule has 0 aliphatic heterocycles. The summed E-state index contributed by atoms with van der Waals surface area (Å²) in [5.74, 6) is 0.722. The van der Waals surface area contributed by atoms with Gasteiger partial charge in [-0.25, -0.2) is 0 Å². The maximum atomic E-state index is 12.0. The highest BCUT2D eigenvalue weighted by Gasteiger charge is 2.06. The predicted octanol–water partition coefficient (Wildman–Crippen LogP) is 2.95. The number of benzene rings is 1. The summed E-state index contributed by atoms with van der Waals surface area (Å²) < 4.78 is 12.9. The zero-order chi connectivity index (χ0) is 11.8. The minimum absolute atomic E-state index is 0.722. The molecule has 0 heterocycles. The molecular formula is C12H18BrNOS. The molecule has 4 heteroatoms. The molecule has 0 bridgehead atoms. The minimum atomic E-state index is -0.887. The Balaban J connectivity index is 2.33. The number of hydrogen-bond donors (Lipinski definition) is 1. The van der Waals surface area contributed by atoms with Crippen molar-refractivity contribution >= 4 is 26.7 Å². The van der Waals surface area contributed by atoms with Gasteiger partial charge in [0.2, 0.25) is 0 Å². The van der Waals surface area contributed by atoms with Crippen molar-refractivity contribution in [1.29, 1.82) is 0 Å². The summed E-state index contributed by atoms with van der Waals surface area (Å²) in [6.07, 6.45) is 2.10. The SMILES string of the molecule is CCCNCCCS(=O)c1ccccc1Br. The lowest BCUT2D eigenvalue weighted by Crippen LogP contribution is -2.17. The van der Waals surface area contributed by atoms with Crippen molar-refractivity contribution in [2.24, 2.45) is 0 Å². The molecule has 0 saturated heterocycles. The Morgan fingerprint density at radius 1 is 1.31 bits per heavy atom. The molecule has 0 radical (unpaired) electrons. The first-order chi connectivity index (χ1) is 7.75. The topological polar surface area (TPSA) is 29.1 Å². The summed E-state index contributed by atoms with van der Waals surface area (Å²) in [6.45, 7) is 4.14. The largest absolute Gasteiger partial charge is 0.317 e. The van der Waals surface area contributed by atoms with E-state index in [-0.39, 0.29) is 0 Å². The van der Waals surface area contributed by atoms with Gasteiger partial charge < -0.3 is 5.32 Å². The van der Waals surface area contributed by atoms with Crippen LogP contribution in [-0.4, -0.2) is 23.1 Å². The Kier molecular flexibility index (Phi) is 6.92. The highest BCUT2D eigenvalue weighted by molar-refractivity contribution is 9.10. The van der Waals surface area contributed by atoms with Crippen molar-refractivity contribution in [3.63, 3.8) is 0 Å². The summed E-state index contributed by atoms with van der Waals surface area (Å²) in [6, 6.07) is 7.71. The molecule has 0 aliphatic carbocycles. The van der Waals surface area contributed by atoms with Gasteiger partial charge in [-0.3, -0.25) is 4.21 Å². The lowest BCUT2D eigenvalue weighted by Gasteiger charge is -2.05. The van der Waals surface area contributed by atoms with E-state index in [0.29, 0.717) is 0 Å². The molecule has 0 aliphatic rings. The van der Waals surface area contributed by atoms with Gasteiger partial charge in [0.1, 0.15) is 0 Å². The van der Waals surface area contributed by atoms with Crippen molar-refractivity contribution in [3.8, 4) is 0 Å². The van der Waals surface area contributed by atoms with E-state index in [1.807, 2.05) is 24.3 Å². The lowest BCUT2D eigenvalue weighted by atomic mass is 10.4. The van der Waals surface area contributed by atoms with Gasteiger partial charge in [-0.2, -0.15) is 0 Å². The van der Waals surface area contributed by atoms with Gasteiger partial charge in [-0.15, -0.1) is 0 Å². The Labute approximate surface area is 108 Å². The zero-order valence-electron chi connectivity index (χ0n) is 9.54. The van der Waals surface area contributed by atoms with Gasteiger partial charge in [-0.1, -0.05) is 19.1 Å². The highest BCUT2D eigenvalue weighted by Crippen LogP contribution is 2.19. The van der Waals surface area contributed by atoms with Crippen LogP contribution in [0.4, 0.5) is 0 Å². The number of hydrogen-bond acceptors (Lipinski definition) is 2. The van der Waals surface area contributed by atoms with Crippen LogP contribution in [0.3, 0.4) is 0 Å². The van der Waals surface area contributed by atoms with E-state index in [2.05, 4.69) is 28.2 Å². The third-order valence-corrected chi connectivity index (χ3v) is 4.65. The van der Waals surface area contributed by atoms with E-state index in [1.165, 1.54) is 0 Å². The van der Waals surface area contributed by atoms with Crippen molar-refractivity contribution in [3.05, 3.63) is 28.7 Å². The van der Waals surface area contributed by atoms with Crippen molar-refractivity contribution in [2.45, 2.75) is 24.7 Å². The second-order valence-electron chi connectivity index (χ2n) is 3.58. The number of rotatable bonds is 7. The lowest BCUT2D eigenvalue weighted by molar-refractivity contribution is 0.652. The molecular weight excluding hydrogens is 286 g/mol. The van der Waals surface area contributed by atoms with Crippen LogP contribution >= 0.6 is 15.9 Å². The fourth-order valence-corrected chi connectivity index (χ4v) is 3.34. The molecule has 90 valence electrons. The minimum Gasteiger partial charge on any atom is -0.317 e. The smallest absolute Gasteiger partial charge is 0.0541 e. The molecule has 0 fully saturated rings. The third kappa shape index (κ3) is 4.76. The summed E-state index contributed by atoms with van der Waals surface area (Å²) in [5.41, 5.74) is 0. The normalized spacial score (nSPS) is 12.6. The predicted molar refractivity (Wildman–Crippen MR) is 73.2 cm³/mol. The van der Waals surface area contributed by atoms with E-state index >= 15 is 0 Å². The molecule has 1 rings (SSSR count). The van der Waals surface area contributed by atoms with Crippen molar-refractivity contribution in [1.82, 2.24) is 5.32 Å². The van der Waals surface area contributed by atoms with Crippen LogP contribution in [-0.2, 0) is 10.8 Å². The molecule has 1 N–H and O–H groups in total. The van der Waals surface area contributed by atoms with Crippen LogP contribution in [0.15, 0.2) is 33.6 Å². The van der Waals surface area contributed by atoms with E-state index in [0.717, 1.165) is 41.1 Å². The van der Waals surface area contributed by atoms with E-state index in [4.69, 9.17) is 0 Å². The Bertz CT molecular complexity index is 344. The fourth-order valence-electron chi connectivity index (χ4n) is 1.37. The second kappa shape index (κ2) is 7.98. The van der Waals surface area contributed by atoms with Crippen LogP contribution < -0.4 is 5.32 Å². The van der Waals surface area contributed by atoms with Gasteiger partial charge in [0.05, 0.1) is 15.7 Å². The molecule has 1 atom stereocenters. The first kappa shape index (κ1) is 13.9. The molecule has 2 nitrogen and oxygen atoms in total. The van der Waals surface area contributed by atoms with E-state index in [9.17, 15) is 4.21 Å². The quantitative estimate of drug-likeness (QED) is 0.785. The van der Waals surface area contributed by atoms with Gasteiger partial charge in [0.25, 0.3) is 0 Å². The summed E-state index contributed by atoms with van der Waals surface area (Å²) in [5, 5.41) is 3.31. The summed E-state index contributed by atoms with van der Waals surface area (Å²) >= 11 is 3.42. The molecule has 0 spiro atoms. The number of halogens is 1. The first-order valence-corrected chi connectivity index (χ1v) is 7.70. The second-order valence-corrected chi connectivity index (χ2v) is 5.98. The molecule has 1 aromatic rings. The maximum Gasteiger partial charge on any atom is 0.0541 e. The highest BCUT2D eigenvalue weighted by atomic mass is 79.9. The van der Waals surface area contributed by atoms with Crippen LogP contribution in [0, 0.1) is 0 Å². The molecule has 0 aromatic heterocycles. The Morgan fingerprint density at radius 3 is 2.75 bits per heavy atom. The van der Waals surface area contributed by atoms with Gasteiger partial charge >= 0.3 is 0 Å². The van der Waals surface area contributed by atoms with E-state index in [1.54, 1.807) is 0 Å². The number of nitrogens with one attached hydrogen (secondary N) is 1. The maximum absolute atomic E-state index is 12.0. The molecule has 1 unspecified atom stereocenters. The first-order valence-electron chi connectivity index (χ1n) is 5.59. The molecule has 0 saturated carbocycles. The Morgan fingerprint density at radius 2 is 2.06 bits per heavy atom. The molecule has 0 amide bonds. The van der Waals surface area contributed by atoms with Crippen molar-refractivity contribution < 1.29 is 4.21 Å². The molecule has 1 aromatic carbocycles. The molecule has 16 heavy (non-hydrogen) atoms. The van der Waals surface area contributed by atoms with Gasteiger partial charge in [0.15, 0.2) is 0 Å².